The summed E-state index contributed by atoms with van der Waals surface area (Å²) in [5.74, 6) is -0.864. The van der Waals surface area contributed by atoms with Gasteiger partial charge in [0.25, 0.3) is 0 Å². The lowest BCUT2D eigenvalue weighted by molar-refractivity contribution is -0.0000191. The minimum Gasteiger partial charge on any atom is -1.00 e. The lowest BCUT2D eigenvalue weighted by Crippen LogP contribution is -3.00. The molecule has 0 bridgehead atoms. The Kier molecular flexibility index (Phi) is 6.16. The molecule has 2 N–H and O–H groups in total. The second-order valence-corrected chi connectivity index (χ2v) is 4.72. The third kappa shape index (κ3) is 4.31. The molecule has 0 unspecified atom stereocenters. The molecular weight excluding hydrogens is 250 g/mol. The molecule has 18 heavy (non-hydrogen) atoms. The van der Waals surface area contributed by atoms with Crippen molar-refractivity contribution in [3.63, 3.8) is 0 Å². The van der Waals surface area contributed by atoms with Crippen LogP contribution in [-0.4, -0.2) is 17.1 Å². The maximum absolute atomic E-state index is 10.7. The molecule has 0 saturated heterocycles. The average Bonchev–Trinajstić information content (AvgIpc) is 2.38. The monoisotopic (exact) mass is 268 g/mol. The van der Waals surface area contributed by atoms with E-state index in [1.165, 1.54) is 32.1 Å². The molecule has 1 aliphatic rings. The van der Waals surface area contributed by atoms with Crippen LogP contribution in [0, 0.1) is 0 Å². The van der Waals surface area contributed by atoms with Crippen LogP contribution < -0.4 is 17.7 Å². The average molecular weight is 269 g/mol. The molecule has 1 fully saturated rings. The van der Waals surface area contributed by atoms with E-state index in [0.29, 0.717) is 11.6 Å². The first kappa shape index (κ1) is 15.0. The van der Waals surface area contributed by atoms with Crippen LogP contribution in [-0.2, 0) is 6.54 Å². The Balaban J connectivity index is 0.00000162. The summed E-state index contributed by atoms with van der Waals surface area (Å²) in [5.41, 5.74) is 1.51. The van der Waals surface area contributed by atoms with Crippen molar-refractivity contribution in [3.8, 4) is 0 Å². The van der Waals surface area contributed by atoms with Crippen LogP contribution in [0.15, 0.2) is 24.3 Å². The Morgan fingerprint density at radius 3 is 2.33 bits per heavy atom. The zero-order valence-electron chi connectivity index (χ0n) is 10.4. The normalized spacial score (nSPS) is 16.0. The Morgan fingerprint density at radius 1 is 1.17 bits per heavy atom. The molecule has 0 aliphatic heterocycles. The fraction of sp³-hybridized carbons (Fsp3) is 0.500. The van der Waals surface area contributed by atoms with Crippen molar-refractivity contribution in [1.29, 1.82) is 0 Å². The number of carbonyl (C=O) groups is 1. The van der Waals surface area contributed by atoms with E-state index < -0.39 is 5.97 Å². The summed E-state index contributed by atoms with van der Waals surface area (Å²) in [6.45, 7) is 0.838. The summed E-state index contributed by atoms with van der Waals surface area (Å²) in [7, 11) is 0. The van der Waals surface area contributed by atoms with Crippen molar-refractivity contribution in [1.82, 2.24) is 5.32 Å². The molecule has 2 rings (SSSR count). The molecule has 1 saturated carbocycles. The highest BCUT2D eigenvalue weighted by Gasteiger charge is 2.12. The van der Waals surface area contributed by atoms with Crippen molar-refractivity contribution in [2.45, 2.75) is 44.7 Å². The van der Waals surface area contributed by atoms with Gasteiger partial charge in [0, 0.05) is 12.6 Å². The Hall–Kier alpha value is -1.06. The Labute approximate surface area is 114 Å². The molecular formula is C14H19ClNO2-. The Bertz CT molecular complexity index is 372. The van der Waals surface area contributed by atoms with E-state index in [0.717, 1.165) is 12.1 Å². The number of carboxylic acids is 1. The number of halogens is 1. The third-order valence-electron chi connectivity index (χ3n) is 3.40. The fourth-order valence-electron chi connectivity index (χ4n) is 2.33. The van der Waals surface area contributed by atoms with Gasteiger partial charge in [-0.1, -0.05) is 31.4 Å². The van der Waals surface area contributed by atoms with Crippen LogP contribution in [0.5, 0.6) is 0 Å². The molecule has 4 heteroatoms. The second-order valence-electron chi connectivity index (χ2n) is 4.72. The summed E-state index contributed by atoms with van der Waals surface area (Å²) < 4.78 is 0. The quantitative estimate of drug-likeness (QED) is 0.796. The van der Waals surface area contributed by atoms with E-state index in [1.807, 2.05) is 12.1 Å². The summed E-state index contributed by atoms with van der Waals surface area (Å²) in [4.78, 5) is 10.7. The standard InChI is InChI=1S/C14H19NO2.ClH/c16-14(17)12-8-6-11(7-9-12)10-15-13-4-2-1-3-5-13;/h6-9,13,15H,1-5,10H2,(H,16,17);1H/p-1. The number of hydrogen-bond donors (Lipinski definition) is 2. The van der Waals surface area contributed by atoms with Gasteiger partial charge in [0.1, 0.15) is 0 Å². The zero-order valence-corrected chi connectivity index (χ0v) is 11.1. The van der Waals surface area contributed by atoms with Gasteiger partial charge in [0.15, 0.2) is 0 Å². The highest BCUT2D eigenvalue weighted by molar-refractivity contribution is 5.87. The van der Waals surface area contributed by atoms with Gasteiger partial charge >= 0.3 is 5.97 Å². The maximum Gasteiger partial charge on any atom is 0.335 e. The lowest BCUT2D eigenvalue weighted by atomic mass is 9.95. The molecule has 1 aromatic rings. The number of nitrogens with one attached hydrogen (secondary N) is 1. The van der Waals surface area contributed by atoms with Crippen LogP contribution in [0.3, 0.4) is 0 Å². The van der Waals surface area contributed by atoms with E-state index in [1.54, 1.807) is 12.1 Å². The number of benzene rings is 1. The Morgan fingerprint density at radius 2 is 1.78 bits per heavy atom. The van der Waals surface area contributed by atoms with Crippen molar-refractivity contribution in [2.75, 3.05) is 0 Å². The van der Waals surface area contributed by atoms with Crippen LogP contribution in [0.1, 0.15) is 48.0 Å². The van der Waals surface area contributed by atoms with Gasteiger partial charge in [-0.2, -0.15) is 0 Å². The minimum absolute atomic E-state index is 0. The number of rotatable bonds is 4. The SMILES string of the molecule is O=C(O)c1ccc(CNC2CCCCC2)cc1.[Cl-]. The van der Waals surface area contributed by atoms with E-state index >= 15 is 0 Å². The first-order valence-electron chi connectivity index (χ1n) is 6.31. The minimum atomic E-state index is -0.864. The second kappa shape index (κ2) is 7.39. The van der Waals surface area contributed by atoms with Gasteiger partial charge in [0.05, 0.1) is 5.56 Å². The molecule has 0 atom stereocenters. The van der Waals surface area contributed by atoms with Gasteiger partial charge < -0.3 is 22.8 Å². The van der Waals surface area contributed by atoms with Gasteiger partial charge in [0.2, 0.25) is 0 Å². The van der Waals surface area contributed by atoms with Crippen molar-refractivity contribution in [3.05, 3.63) is 35.4 Å². The van der Waals surface area contributed by atoms with Gasteiger partial charge in [-0.25, -0.2) is 4.79 Å². The molecule has 1 aromatic carbocycles. The van der Waals surface area contributed by atoms with Crippen LogP contribution >= 0.6 is 0 Å². The highest BCUT2D eigenvalue weighted by Crippen LogP contribution is 2.17. The summed E-state index contributed by atoms with van der Waals surface area (Å²) in [6.07, 6.45) is 6.57. The third-order valence-corrected chi connectivity index (χ3v) is 3.40. The fourth-order valence-corrected chi connectivity index (χ4v) is 2.33. The topological polar surface area (TPSA) is 49.3 Å². The molecule has 0 aromatic heterocycles. The van der Waals surface area contributed by atoms with Gasteiger partial charge in [-0.15, -0.1) is 0 Å². The predicted octanol–water partition coefficient (Wildman–Crippen LogP) is -0.189. The zero-order chi connectivity index (χ0) is 12.1. The lowest BCUT2D eigenvalue weighted by Gasteiger charge is -2.22. The van der Waals surface area contributed by atoms with Gasteiger partial charge in [-0.3, -0.25) is 0 Å². The molecule has 0 amide bonds. The highest BCUT2D eigenvalue weighted by atomic mass is 35.5. The molecule has 0 spiro atoms. The van der Waals surface area contributed by atoms with Crippen LogP contribution in [0.2, 0.25) is 0 Å². The first-order valence-corrected chi connectivity index (χ1v) is 6.31. The number of aromatic carboxylic acids is 1. The van der Waals surface area contributed by atoms with E-state index in [-0.39, 0.29) is 12.4 Å². The van der Waals surface area contributed by atoms with E-state index in [2.05, 4.69) is 5.32 Å². The predicted molar refractivity (Wildman–Crippen MR) is 67.1 cm³/mol. The van der Waals surface area contributed by atoms with Crippen LogP contribution in [0.25, 0.3) is 0 Å². The van der Waals surface area contributed by atoms with Gasteiger partial charge in [-0.05, 0) is 30.5 Å². The molecule has 3 nitrogen and oxygen atoms in total. The summed E-state index contributed by atoms with van der Waals surface area (Å²) >= 11 is 0. The van der Waals surface area contributed by atoms with E-state index in [9.17, 15) is 4.79 Å². The summed E-state index contributed by atoms with van der Waals surface area (Å²) in [6, 6.07) is 7.75. The molecule has 1 aliphatic carbocycles. The number of carboxylic acid groups (broad SMARTS) is 1. The smallest absolute Gasteiger partial charge is 0.335 e. The van der Waals surface area contributed by atoms with Crippen molar-refractivity contribution >= 4 is 5.97 Å². The first-order chi connectivity index (χ1) is 8.25. The van der Waals surface area contributed by atoms with Crippen molar-refractivity contribution < 1.29 is 22.3 Å². The van der Waals surface area contributed by atoms with Crippen LogP contribution in [0.4, 0.5) is 0 Å². The largest absolute Gasteiger partial charge is 1.00 e. The number of hydrogen-bond acceptors (Lipinski definition) is 2. The molecule has 100 valence electrons. The molecule has 0 radical (unpaired) electrons. The summed E-state index contributed by atoms with van der Waals surface area (Å²) in [5, 5.41) is 12.3. The maximum atomic E-state index is 10.7. The van der Waals surface area contributed by atoms with E-state index in [4.69, 9.17) is 5.11 Å². The molecule has 0 heterocycles. The van der Waals surface area contributed by atoms with Crippen molar-refractivity contribution in [2.24, 2.45) is 0 Å².